The molecule has 3 rings (SSSR count). The Bertz CT molecular complexity index is 857. The highest BCUT2D eigenvalue weighted by molar-refractivity contribution is 8.00. The van der Waals surface area contributed by atoms with Crippen molar-refractivity contribution in [2.45, 2.75) is 82.3 Å². The highest BCUT2D eigenvalue weighted by Crippen LogP contribution is 2.39. The lowest BCUT2D eigenvalue weighted by Gasteiger charge is -2.32. The van der Waals surface area contributed by atoms with Gasteiger partial charge in [-0.15, -0.1) is 10.2 Å². The first kappa shape index (κ1) is 22.7. The molecule has 1 saturated carbocycles. The van der Waals surface area contributed by atoms with Gasteiger partial charge >= 0.3 is 0 Å². The molecule has 6 nitrogen and oxygen atoms in total. The normalized spacial score (nSPS) is 20.6. The minimum Gasteiger partial charge on any atom is -0.497 e. The van der Waals surface area contributed by atoms with Gasteiger partial charge in [0.05, 0.1) is 12.4 Å². The van der Waals surface area contributed by atoms with Crippen LogP contribution in [0.3, 0.4) is 0 Å². The van der Waals surface area contributed by atoms with Gasteiger partial charge in [-0.2, -0.15) is 0 Å². The molecule has 30 heavy (non-hydrogen) atoms. The van der Waals surface area contributed by atoms with Gasteiger partial charge in [-0.25, -0.2) is 0 Å². The summed E-state index contributed by atoms with van der Waals surface area (Å²) in [6.45, 7) is 10.2. The highest BCUT2D eigenvalue weighted by Gasteiger charge is 2.30. The molecule has 1 aromatic carbocycles. The zero-order valence-corrected chi connectivity index (χ0v) is 19.8. The molecular weight excluding hydrogens is 396 g/mol. The predicted molar refractivity (Wildman–Crippen MR) is 122 cm³/mol. The monoisotopic (exact) mass is 430 g/mol. The van der Waals surface area contributed by atoms with Crippen LogP contribution in [-0.4, -0.2) is 38.6 Å². The second kappa shape index (κ2) is 9.41. The van der Waals surface area contributed by atoms with E-state index in [1.54, 1.807) is 7.11 Å². The zero-order chi connectivity index (χ0) is 21.9. The van der Waals surface area contributed by atoms with Crippen LogP contribution in [0.1, 0.15) is 66.3 Å². The highest BCUT2D eigenvalue weighted by atomic mass is 32.2. The Morgan fingerprint density at radius 2 is 1.87 bits per heavy atom. The van der Waals surface area contributed by atoms with Crippen molar-refractivity contribution in [3.05, 3.63) is 24.3 Å². The van der Waals surface area contributed by atoms with Gasteiger partial charge in [0.1, 0.15) is 5.75 Å². The average molecular weight is 431 g/mol. The summed E-state index contributed by atoms with van der Waals surface area (Å²) in [6, 6.07) is 8.29. The zero-order valence-electron chi connectivity index (χ0n) is 18.9. The van der Waals surface area contributed by atoms with E-state index in [9.17, 15) is 4.79 Å². The number of carbonyl (C=O) groups excluding carboxylic acids is 1. The molecule has 2 aromatic rings. The molecule has 0 radical (unpaired) electrons. The molecule has 1 N–H and O–H groups in total. The van der Waals surface area contributed by atoms with Crippen molar-refractivity contribution >= 4 is 17.7 Å². The van der Waals surface area contributed by atoms with Gasteiger partial charge < -0.3 is 10.1 Å². The number of nitrogens with one attached hydrogen (secondary N) is 1. The Hall–Kier alpha value is -2.02. The van der Waals surface area contributed by atoms with Crippen LogP contribution in [0, 0.1) is 5.92 Å². The summed E-state index contributed by atoms with van der Waals surface area (Å²) in [7, 11) is 1.67. The molecule has 0 bridgehead atoms. The van der Waals surface area contributed by atoms with Gasteiger partial charge in [0.2, 0.25) is 5.91 Å². The summed E-state index contributed by atoms with van der Waals surface area (Å²) in [5.41, 5.74) is 0.755. The Labute approximate surface area is 184 Å². The fourth-order valence-corrected chi connectivity index (χ4v) is 4.86. The summed E-state index contributed by atoms with van der Waals surface area (Å²) < 4.78 is 7.58. The topological polar surface area (TPSA) is 69.0 Å². The van der Waals surface area contributed by atoms with E-state index >= 15 is 0 Å². The summed E-state index contributed by atoms with van der Waals surface area (Å²) >= 11 is 1.49. The third kappa shape index (κ3) is 5.36. The molecule has 0 aliphatic heterocycles. The molecular formula is C23H34N4O2S. The summed E-state index contributed by atoms with van der Waals surface area (Å²) in [6.07, 6.45) is 4.79. The molecule has 1 fully saturated rings. The first-order chi connectivity index (χ1) is 14.2. The average Bonchev–Trinajstić information content (AvgIpc) is 3.10. The maximum absolute atomic E-state index is 12.7. The van der Waals surface area contributed by atoms with Crippen LogP contribution in [0.25, 0.3) is 11.4 Å². The van der Waals surface area contributed by atoms with Crippen LogP contribution in [0.15, 0.2) is 29.4 Å². The number of benzene rings is 1. The molecule has 1 aliphatic carbocycles. The van der Waals surface area contributed by atoms with Crippen LogP contribution in [0.2, 0.25) is 0 Å². The maximum Gasteiger partial charge on any atom is 0.233 e. The van der Waals surface area contributed by atoms with Crippen LogP contribution < -0.4 is 10.1 Å². The van der Waals surface area contributed by atoms with E-state index in [0.717, 1.165) is 28.7 Å². The minimum atomic E-state index is -0.258. The van der Waals surface area contributed by atoms with Crippen molar-refractivity contribution in [1.82, 2.24) is 20.1 Å². The number of ether oxygens (including phenoxy) is 1. The Kier molecular flexibility index (Phi) is 7.11. The lowest BCUT2D eigenvalue weighted by atomic mass is 9.85. The molecule has 1 aromatic heterocycles. The molecule has 7 heteroatoms. The molecule has 0 saturated heterocycles. The second-order valence-corrected chi connectivity index (χ2v) is 10.5. The Balaban J connectivity index is 1.94. The Morgan fingerprint density at radius 1 is 1.20 bits per heavy atom. The third-order valence-corrected chi connectivity index (χ3v) is 6.62. The quantitative estimate of drug-likeness (QED) is 0.646. The van der Waals surface area contributed by atoms with Gasteiger partial charge in [-0.3, -0.25) is 9.36 Å². The molecule has 0 spiro atoms. The molecule has 0 unspecified atom stereocenters. The first-order valence-electron chi connectivity index (χ1n) is 10.8. The first-order valence-corrected chi connectivity index (χ1v) is 11.7. The van der Waals surface area contributed by atoms with Crippen molar-refractivity contribution in [3.63, 3.8) is 0 Å². The van der Waals surface area contributed by atoms with Crippen LogP contribution in [0.4, 0.5) is 0 Å². The van der Waals surface area contributed by atoms with E-state index in [1.165, 1.54) is 31.0 Å². The molecule has 3 atom stereocenters. The van der Waals surface area contributed by atoms with Crippen LogP contribution in [0.5, 0.6) is 5.75 Å². The fourth-order valence-electron chi connectivity index (χ4n) is 3.96. The number of carbonyl (C=O) groups is 1. The number of amides is 1. The number of aromatic nitrogens is 3. The van der Waals surface area contributed by atoms with Crippen molar-refractivity contribution < 1.29 is 9.53 Å². The largest absolute Gasteiger partial charge is 0.497 e. The summed E-state index contributed by atoms with van der Waals surface area (Å²) in [4.78, 5) is 12.7. The number of thioether (sulfide) groups is 1. The van der Waals surface area contributed by atoms with Crippen molar-refractivity contribution in [2.24, 2.45) is 5.92 Å². The van der Waals surface area contributed by atoms with E-state index in [0.29, 0.717) is 12.0 Å². The smallest absolute Gasteiger partial charge is 0.233 e. The fraction of sp³-hybridized carbons (Fsp3) is 0.609. The van der Waals surface area contributed by atoms with Gasteiger partial charge in [0.15, 0.2) is 11.0 Å². The summed E-state index contributed by atoms with van der Waals surface area (Å²) in [5, 5.41) is 12.7. The van der Waals surface area contributed by atoms with E-state index in [4.69, 9.17) is 4.74 Å². The van der Waals surface area contributed by atoms with Gasteiger partial charge in [0, 0.05) is 17.1 Å². The molecule has 164 valence electrons. The van der Waals surface area contributed by atoms with Crippen LogP contribution in [-0.2, 0) is 4.79 Å². The number of nitrogens with zero attached hydrogens (tertiary/aromatic N) is 3. The third-order valence-electron chi connectivity index (χ3n) is 5.56. The Morgan fingerprint density at radius 3 is 2.47 bits per heavy atom. The van der Waals surface area contributed by atoms with Crippen molar-refractivity contribution in [3.8, 4) is 17.1 Å². The van der Waals surface area contributed by atoms with Crippen molar-refractivity contribution in [2.75, 3.05) is 7.11 Å². The number of rotatable bonds is 6. The number of methoxy groups -OCH3 is 1. The van der Waals surface area contributed by atoms with E-state index in [1.807, 2.05) is 52.0 Å². The molecule has 1 heterocycles. The lowest BCUT2D eigenvalue weighted by molar-refractivity contribution is -0.121. The molecule has 1 aliphatic rings. The summed E-state index contributed by atoms with van der Waals surface area (Å²) in [5.74, 6) is 2.25. The lowest BCUT2D eigenvalue weighted by Crippen LogP contribution is -2.44. The minimum absolute atomic E-state index is 0.0183. The van der Waals surface area contributed by atoms with Crippen molar-refractivity contribution in [1.29, 1.82) is 0 Å². The van der Waals surface area contributed by atoms with Gasteiger partial charge in [-0.1, -0.05) is 31.5 Å². The van der Waals surface area contributed by atoms with Crippen LogP contribution >= 0.6 is 11.8 Å². The van der Waals surface area contributed by atoms with E-state index in [2.05, 4.69) is 27.0 Å². The standard InChI is InChI=1S/C23H34N4O2S/c1-15-9-7-8-10-19(15)27-20(17-11-13-18(29-6)14-12-17)25-26-22(27)30-16(2)21(28)24-23(3,4)5/h11-16,19H,7-10H2,1-6H3,(H,24,28)/t15-,16+,19-/m1/s1. The maximum atomic E-state index is 12.7. The van der Waals surface area contributed by atoms with Gasteiger partial charge in [0.25, 0.3) is 0 Å². The SMILES string of the molecule is COc1ccc(-c2nnc(S[C@@H](C)C(=O)NC(C)(C)C)n2[C@@H]2CCCC[C@H]2C)cc1. The number of hydrogen-bond donors (Lipinski definition) is 1. The predicted octanol–water partition coefficient (Wildman–Crippen LogP) is 5.10. The second-order valence-electron chi connectivity index (χ2n) is 9.23. The molecule has 1 amide bonds. The van der Waals surface area contributed by atoms with Gasteiger partial charge in [-0.05, 0) is 70.7 Å². The van der Waals surface area contributed by atoms with E-state index in [-0.39, 0.29) is 16.7 Å². The van der Waals surface area contributed by atoms with E-state index < -0.39 is 0 Å². The number of hydrogen-bond acceptors (Lipinski definition) is 5.